The molecule has 3 N–H and O–H groups in total. The monoisotopic (exact) mass is 434 g/mol. The number of hydrazone groups is 1. The third-order valence-electron chi connectivity index (χ3n) is 4.22. The summed E-state index contributed by atoms with van der Waals surface area (Å²) < 4.78 is 19.0. The van der Waals surface area contributed by atoms with Crippen molar-refractivity contribution in [1.29, 1.82) is 0 Å². The highest BCUT2D eigenvalue weighted by molar-refractivity contribution is 7.22. The van der Waals surface area contributed by atoms with Gasteiger partial charge in [-0.3, -0.25) is 4.79 Å². The Bertz CT molecular complexity index is 1280. The maximum absolute atomic E-state index is 12.9. The first kappa shape index (κ1) is 20.2. The molecule has 0 spiro atoms. The number of anilines is 1. The summed E-state index contributed by atoms with van der Waals surface area (Å²) in [4.78, 5) is 28.5. The lowest BCUT2D eigenvalue weighted by molar-refractivity contribution is 0.0734. The van der Waals surface area contributed by atoms with Crippen molar-refractivity contribution in [3.8, 4) is 5.75 Å². The van der Waals surface area contributed by atoms with Crippen LogP contribution in [0.25, 0.3) is 10.2 Å². The zero-order valence-corrected chi connectivity index (χ0v) is 16.7. The Hall–Kier alpha value is -4.11. The molecule has 3 aromatic carbocycles. The minimum absolute atomic E-state index is 0.244. The van der Waals surface area contributed by atoms with E-state index < -0.39 is 11.8 Å². The lowest BCUT2D eigenvalue weighted by Gasteiger charge is -2.04. The Kier molecular flexibility index (Phi) is 5.67. The number of nitrogen functional groups attached to an aromatic ring is 1. The SMILES string of the molecule is Nc1nc2ccc(C(=O)N/N=C\c3ccc(OC(=O)c4ccc(F)cc4)cc3)cc2s1. The number of fused-ring (bicyclic) bond motifs is 1. The van der Waals surface area contributed by atoms with E-state index in [1.54, 1.807) is 42.5 Å². The molecule has 4 aromatic rings. The van der Waals surface area contributed by atoms with E-state index in [1.807, 2.05) is 0 Å². The average molecular weight is 434 g/mol. The predicted molar refractivity (Wildman–Crippen MR) is 117 cm³/mol. The normalized spacial score (nSPS) is 11.0. The largest absolute Gasteiger partial charge is 0.423 e. The van der Waals surface area contributed by atoms with Crippen molar-refractivity contribution >= 4 is 44.8 Å². The van der Waals surface area contributed by atoms with E-state index in [4.69, 9.17) is 10.5 Å². The first-order chi connectivity index (χ1) is 15.0. The highest BCUT2D eigenvalue weighted by atomic mass is 32.1. The number of amides is 1. The molecular weight excluding hydrogens is 419 g/mol. The van der Waals surface area contributed by atoms with Crippen molar-refractivity contribution in [2.24, 2.45) is 5.10 Å². The Labute approximate surface area is 180 Å². The van der Waals surface area contributed by atoms with Crippen LogP contribution in [0.4, 0.5) is 9.52 Å². The first-order valence-corrected chi connectivity index (χ1v) is 9.87. The summed E-state index contributed by atoms with van der Waals surface area (Å²) in [7, 11) is 0. The number of halogens is 1. The van der Waals surface area contributed by atoms with Gasteiger partial charge >= 0.3 is 5.97 Å². The smallest absolute Gasteiger partial charge is 0.343 e. The molecular formula is C22H15FN4O3S. The molecule has 31 heavy (non-hydrogen) atoms. The van der Waals surface area contributed by atoms with Gasteiger partial charge in [0.1, 0.15) is 11.6 Å². The van der Waals surface area contributed by atoms with Crippen LogP contribution in [0.5, 0.6) is 5.75 Å². The molecule has 0 aliphatic rings. The summed E-state index contributed by atoms with van der Waals surface area (Å²) >= 11 is 1.30. The van der Waals surface area contributed by atoms with E-state index in [0.717, 1.165) is 10.2 Å². The van der Waals surface area contributed by atoms with Gasteiger partial charge in [-0.15, -0.1) is 0 Å². The Morgan fingerprint density at radius 1 is 1.03 bits per heavy atom. The molecule has 1 aromatic heterocycles. The number of carbonyl (C=O) groups is 2. The Balaban J connectivity index is 1.35. The van der Waals surface area contributed by atoms with E-state index in [9.17, 15) is 14.0 Å². The zero-order chi connectivity index (χ0) is 21.8. The summed E-state index contributed by atoms with van der Waals surface area (Å²) in [6.07, 6.45) is 1.46. The van der Waals surface area contributed by atoms with Crippen LogP contribution in [0.1, 0.15) is 26.3 Å². The minimum Gasteiger partial charge on any atom is -0.423 e. The molecule has 0 saturated heterocycles. The highest BCUT2D eigenvalue weighted by Crippen LogP contribution is 2.24. The maximum Gasteiger partial charge on any atom is 0.343 e. The molecule has 0 bridgehead atoms. The summed E-state index contributed by atoms with van der Waals surface area (Å²) in [6, 6.07) is 16.7. The van der Waals surface area contributed by atoms with Gasteiger partial charge in [-0.2, -0.15) is 5.10 Å². The van der Waals surface area contributed by atoms with Crippen LogP contribution in [-0.2, 0) is 0 Å². The summed E-state index contributed by atoms with van der Waals surface area (Å²) in [5, 5.41) is 4.39. The van der Waals surface area contributed by atoms with Gasteiger partial charge in [0.2, 0.25) is 0 Å². The van der Waals surface area contributed by atoms with Crippen LogP contribution in [0.3, 0.4) is 0 Å². The fraction of sp³-hybridized carbons (Fsp3) is 0. The molecule has 9 heteroatoms. The first-order valence-electron chi connectivity index (χ1n) is 9.05. The van der Waals surface area contributed by atoms with Gasteiger partial charge in [0.25, 0.3) is 5.91 Å². The third-order valence-corrected chi connectivity index (χ3v) is 5.06. The maximum atomic E-state index is 12.9. The number of hydrogen-bond donors (Lipinski definition) is 2. The van der Waals surface area contributed by atoms with Crippen molar-refractivity contribution in [2.45, 2.75) is 0 Å². The van der Waals surface area contributed by atoms with E-state index in [0.29, 0.717) is 22.0 Å². The van der Waals surface area contributed by atoms with Gasteiger partial charge in [-0.25, -0.2) is 19.6 Å². The minimum atomic E-state index is -0.589. The number of ether oxygens (including phenoxy) is 1. The number of nitrogens with two attached hydrogens (primary N) is 1. The van der Waals surface area contributed by atoms with Crippen molar-refractivity contribution in [1.82, 2.24) is 10.4 Å². The van der Waals surface area contributed by atoms with Crippen LogP contribution in [-0.4, -0.2) is 23.1 Å². The van der Waals surface area contributed by atoms with Crippen molar-refractivity contribution in [3.05, 3.63) is 89.2 Å². The number of nitrogens with one attached hydrogen (secondary N) is 1. The third kappa shape index (κ3) is 4.90. The number of thiazole rings is 1. The lowest BCUT2D eigenvalue weighted by atomic mass is 10.2. The molecule has 154 valence electrons. The second-order valence-corrected chi connectivity index (χ2v) is 7.46. The van der Waals surface area contributed by atoms with Crippen LogP contribution < -0.4 is 15.9 Å². The molecule has 0 radical (unpaired) electrons. The molecule has 4 rings (SSSR count). The number of esters is 1. The highest BCUT2D eigenvalue weighted by Gasteiger charge is 2.09. The molecule has 0 fully saturated rings. The van der Waals surface area contributed by atoms with E-state index in [-0.39, 0.29) is 11.5 Å². The van der Waals surface area contributed by atoms with Crippen molar-refractivity contribution in [2.75, 3.05) is 5.73 Å². The quantitative estimate of drug-likeness (QED) is 0.214. The van der Waals surface area contributed by atoms with Crippen LogP contribution in [0.15, 0.2) is 71.8 Å². The summed E-state index contributed by atoms with van der Waals surface area (Å²) in [5.74, 6) is -1.06. The van der Waals surface area contributed by atoms with Crippen LogP contribution in [0.2, 0.25) is 0 Å². The molecule has 0 atom stereocenters. The molecule has 0 aliphatic heterocycles. The van der Waals surface area contributed by atoms with Crippen molar-refractivity contribution in [3.63, 3.8) is 0 Å². The Morgan fingerprint density at radius 3 is 2.48 bits per heavy atom. The lowest BCUT2D eigenvalue weighted by Crippen LogP contribution is -2.17. The Morgan fingerprint density at radius 2 is 1.74 bits per heavy atom. The molecule has 1 amide bonds. The van der Waals surface area contributed by atoms with E-state index in [2.05, 4.69) is 15.5 Å². The number of carbonyl (C=O) groups excluding carboxylic acids is 2. The predicted octanol–water partition coefficient (Wildman–Crippen LogP) is 4.00. The fourth-order valence-corrected chi connectivity index (χ4v) is 3.46. The summed E-state index contributed by atoms with van der Waals surface area (Å²) in [6.45, 7) is 0. The number of benzene rings is 3. The number of hydrogen-bond acceptors (Lipinski definition) is 7. The molecule has 0 unspecified atom stereocenters. The second-order valence-electron chi connectivity index (χ2n) is 6.40. The zero-order valence-electron chi connectivity index (χ0n) is 15.9. The standard InChI is InChI=1S/C22H15FN4O3S/c23-16-6-3-14(4-7-16)21(29)30-17-8-1-13(2-9-17)12-25-27-20(28)15-5-10-18-19(11-15)31-22(24)26-18/h1-12H,(H2,24,26)(H,27,28)/b25-12-. The molecule has 0 saturated carbocycles. The van der Waals surface area contributed by atoms with Crippen molar-refractivity contribution < 1.29 is 18.7 Å². The molecule has 0 aliphatic carbocycles. The fourth-order valence-electron chi connectivity index (χ4n) is 2.69. The van der Waals surface area contributed by atoms with Crippen LogP contribution >= 0.6 is 11.3 Å². The number of rotatable bonds is 5. The van der Waals surface area contributed by atoms with Gasteiger partial charge in [-0.1, -0.05) is 11.3 Å². The number of nitrogens with zero attached hydrogens (tertiary/aromatic N) is 2. The van der Waals surface area contributed by atoms with E-state index in [1.165, 1.54) is 41.8 Å². The number of aromatic nitrogens is 1. The van der Waals surface area contributed by atoms with Gasteiger partial charge in [0.05, 0.1) is 22.0 Å². The molecule has 1 heterocycles. The van der Waals surface area contributed by atoms with Gasteiger partial charge in [0.15, 0.2) is 5.13 Å². The summed E-state index contributed by atoms with van der Waals surface area (Å²) in [5.41, 5.74) is 10.2. The van der Waals surface area contributed by atoms with Crippen LogP contribution in [0, 0.1) is 5.82 Å². The van der Waals surface area contributed by atoms with Gasteiger partial charge in [0, 0.05) is 5.56 Å². The molecule has 7 nitrogen and oxygen atoms in total. The van der Waals surface area contributed by atoms with E-state index >= 15 is 0 Å². The van der Waals surface area contributed by atoms with Gasteiger partial charge < -0.3 is 10.5 Å². The second kappa shape index (κ2) is 8.72. The average Bonchev–Trinajstić information content (AvgIpc) is 3.14. The topological polar surface area (TPSA) is 107 Å². The van der Waals surface area contributed by atoms with Gasteiger partial charge in [-0.05, 0) is 72.3 Å².